The van der Waals surface area contributed by atoms with Gasteiger partial charge < -0.3 is 20.8 Å². The van der Waals surface area contributed by atoms with E-state index in [0.29, 0.717) is 60.3 Å². The third-order valence-corrected chi connectivity index (χ3v) is 16.2. The summed E-state index contributed by atoms with van der Waals surface area (Å²) >= 11 is 0. The summed E-state index contributed by atoms with van der Waals surface area (Å²) in [5.74, 6) is -1.09. The number of anilines is 2. The van der Waals surface area contributed by atoms with Gasteiger partial charge in [-0.25, -0.2) is 8.42 Å². The van der Waals surface area contributed by atoms with Crippen LogP contribution >= 0.6 is 0 Å². The van der Waals surface area contributed by atoms with E-state index in [1.165, 1.54) is 203 Å². The first-order valence-corrected chi connectivity index (χ1v) is 31.1. The zero-order valence-corrected chi connectivity index (χ0v) is 48.3. The minimum Gasteiger partial charge on any atom is -0.743 e. The number of benzene rings is 3. The minimum absolute atomic E-state index is 0. The molecule has 77 heavy (non-hydrogen) atoms. The van der Waals surface area contributed by atoms with Crippen molar-refractivity contribution < 1.29 is 67.3 Å². The van der Waals surface area contributed by atoms with Crippen LogP contribution in [-0.4, -0.2) is 30.5 Å². The van der Waals surface area contributed by atoms with E-state index < -0.39 is 44.4 Å². The van der Waals surface area contributed by atoms with Crippen LogP contribution in [0.25, 0.3) is 0 Å². The summed E-state index contributed by atoms with van der Waals surface area (Å²) in [6, 6.07) is 11.2. The van der Waals surface area contributed by atoms with Crippen molar-refractivity contribution in [3.63, 3.8) is 0 Å². The van der Waals surface area contributed by atoms with Gasteiger partial charge in [-0.05, 0) is 77.8 Å². The molecule has 0 aromatic heterocycles. The number of nitrogen functional groups attached to an aromatic ring is 2. The van der Waals surface area contributed by atoms with Gasteiger partial charge in [0.05, 0.1) is 0 Å². The van der Waals surface area contributed by atoms with Crippen molar-refractivity contribution in [2.24, 2.45) is 0 Å². The molecule has 15 heteroatoms. The van der Waals surface area contributed by atoms with E-state index in [4.69, 9.17) is 11.5 Å². The molecule has 0 unspecified atom stereocenters. The number of nitrogens with two attached hydrogens (primary N) is 2. The third kappa shape index (κ3) is 24.4. The van der Waals surface area contributed by atoms with Gasteiger partial charge in [0.1, 0.15) is 11.2 Å². The molecule has 0 bridgehead atoms. The molecule has 3 aromatic carbocycles. The van der Waals surface area contributed by atoms with Crippen LogP contribution in [0.15, 0.2) is 60.7 Å². The number of hydrogen-bond acceptors (Lipinski definition) is 6. The second kappa shape index (κ2) is 37.9. The fraction of sp³-hybridized carbons (Fsp3) is 0.710. The molecule has 0 heterocycles. The van der Waals surface area contributed by atoms with Crippen molar-refractivity contribution >= 4 is 21.5 Å². The van der Waals surface area contributed by atoms with Crippen LogP contribution in [-0.2, 0) is 28.4 Å². The van der Waals surface area contributed by atoms with Gasteiger partial charge in [-0.15, -0.1) is 0 Å². The van der Waals surface area contributed by atoms with Gasteiger partial charge in [0.2, 0.25) is 0 Å². The van der Waals surface area contributed by atoms with Gasteiger partial charge in [0.15, 0.2) is 10.1 Å². The van der Waals surface area contributed by atoms with E-state index in [2.05, 4.69) is 18.6 Å². The van der Waals surface area contributed by atoms with Crippen LogP contribution in [0.2, 0.25) is 0 Å². The Morgan fingerprint density at radius 1 is 0.416 bits per heavy atom. The van der Waals surface area contributed by atoms with Crippen LogP contribution in [0.4, 0.5) is 42.1 Å². The minimum atomic E-state index is -6.89. The van der Waals surface area contributed by atoms with E-state index >= 15 is 13.2 Å². The Morgan fingerprint density at radius 2 is 0.675 bits per heavy atom. The van der Waals surface area contributed by atoms with E-state index in [1.807, 2.05) is 0 Å². The normalized spacial score (nSPS) is 12.5. The van der Waals surface area contributed by atoms with Gasteiger partial charge >= 0.3 is 36.4 Å². The van der Waals surface area contributed by atoms with E-state index in [1.54, 1.807) is 0 Å². The summed E-state index contributed by atoms with van der Waals surface area (Å²) in [5.41, 5.74) is 10.7. The van der Waals surface area contributed by atoms with Crippen LogP contribution in [0.1, 0.15) is 273 Å². The fourth-order valence-electron chi connectivity index (χ4n) is 10.7. The Bertz CT molecular complexity index is 2040. The molecule has 0 aliphatic rings. The molecule has 0 saturated carbocycles. The molecule has 0 amide bonds. The molecular weight excluding hydrogens is 1010 g/mol. The van der Waals surface area contributed by atoms with E-state index in [9.17, 15) is 30.5 Å². The number of alkyl halides is 7. The Kier molecular flexibility index (Phi) is 34.6. The van der Waals surface area contributed by atoms with Gasteiger partial charge in [-0.3, -0.25) is 0 Å². The average Bonchev–Trinajstić information content (AvgIpc) is 3.37. The molecular formula is C62H96F7LiN2O4S. The van der Waals surface area contributed by atoms with Crippen molar-refractivity contribution in [3.8, 4) is 5.75 Å². The zero-order chi connectivity index (χ0) is 55.8. The summed E-state index contributed by atoms with van der Waals surface area (Å²) in [5, 5.41) is -6.17. The number of aryl methyl sites for hydroxylation is 2. The maximum absolute atomic E-state index is 16.4. The van der Waals surface area contributed by atoms with Crippen LogP contribution in [0.5, 0.6) is 5.75 Å². The number of hydrogen-bond donors (Lipinski definition) is 2. The number of rotatable bonds is 45. The molecule has 0 spiro atoms. The molecule has 0 saturated heterocycles. The Balaban J connectivity index is 0.0000203. The zero-order valence-electron chi connectivity index (χ0n) is 47.5. The maximum Gasteiger partial charge on any atom is 1.00 e. The number of ether oxygens (including phenoxy) is 1. The number of unbranched alkanes of at least 4 members (excludes halogenated alkanes) is 34. The van der Waals surface area contributed by atoms with Gasteiger partial charge in [0.25, 0.3) is 0 Å². The Morgan fingerprint density at radius 3 is 0.935 bits per heavy atom. The van der Waals surface area contributed by atoms with Crippen molar-refractivity contribution in [2.45, 2.75) is 281 Å². The predicted molar refractivity (Wildman–Crippen MR) is 299 cm³/mol. The molecule has 4 N–H and O–H groups in total. The molecule has 0 aliphatic heterocycles. The first kappa shape index (κ1) is 70.2. The SMILES string of the molecule is CCCCCCCCCCCCCCCCCCCCc1cc(C(c2ccc(OC(F)(F)C(F)(F)S(=O)(=O)[O-])cc2)(c2ccc(N)c(CCCCCCCCCCCCCCCCCCCC)c2)C(F)(F)F)ccc1N.[Li+]. The van der Waals surface area contributed by atoms with Crippen LogP contribution in [0, 0.1) is 0 Å². The van der Waals surface area contributed by atoms with Crippen molar-refractivity contribution in [3.05, 3.63) is 88.5 Å². The summed E-state index contributed by atoms with van der Waals surface area (Å²) in [4.78, 5) is 0. The quantitative estimate of drug-likeness (QED) is 0.0145. The van der Waals surface area contributed by atoms with Gasteiger partial charge in [-0.2, -0.15) is 30.7 Å². The van der Waals surface area contributed by atoms with E-state index in [0.717, 1.165) is 63.5 Å². The summed E-state index contributed by atoms with van der Waals surface area (Å²) < 4.78 is 143. The van der Waals surface area contributed by atoms with Crippen LogP contribution in [0.3, 0.4) is 0 Å². The third-order valence-electron chi connectivity index (χ3n) is 15.4. The van der Waals surface area contributed by atoms with Crippen molar-refractivity contribution in [1.29, 1.82) is 0 Å². The summed E-state index contributed by atoms with van der Waals surface area (Å²) in [6.45, 7) is 4.49. The molecule has 0 fully saturated rings. The smallest absolute Gasteiger partial charge is 0.743 e. The molecule has 0 radical (unpaired) electrons. The predicted octanol–water partition coefficient (Wildman–Crippen LogP) is 17.0. The second-order valence-electron chi connectivity index (χ2n) is 21.7. The summed E-state index contributed by atoms with van der Waals surface area (Å²) in [6.07, 6.45) is 33.3. The standard InChI is InChI=1S/C62H97F7N2O4S.Li/c1-3-5-7-9-11-13-15-17-19-21-23-25-27-29-31-33-35-37-39-51-49-54(43-47-57(51)70)59(60(63,64)65,53-41-45-56(46-42-53)75-61(66,67)62(68,69)76(72,73)74)55-44-48-58(71)52(50-55)40-38-36-34-32-30-28-26-24-22-20-18-16-14-12-10-8-6-4-2;/h41-50H,3-40,70-71H2,1-2H3,(H,72,73,74);/q;+1/p-1. The molecule has 0 aliphatic carbocycles. The largest absolute Gasteiger partial charge is 1.00 e. The molecule has 0 atom stereocenters. The Labute approximate surface area is 472 Å². The maximum atomic E-state index is 16.4. The van der Waals surface area contributed by atoms with Crippen molar-refractivity contribution in [2.75, 3.05) is 11.5 Å². The fourth-order valence-corrected chi connectivity index (χ4v) is 11.0. The average molecular weight is 1110 g/mol. The van der Waals surface area contributed by atoms with E-state index in [-0.39, 0.29) is 30.0 Å². The second-order valence-corrected chi connectivity index (χ2v) is 23.1. The molecule has 3 aromatic rings. The Hall–Kier alpha value is -2.92. The van der Waals surface area contributed by atoms with Crippen molar-refractivity contribution in [1.82, 2.24) is 0 Å². The number of halogens is 7. The van der Waals surface area contributed by atoms with Gasteiger partial charge in [-0.1, -0.05) is 269 Å². The molecule has 434 valence electrons. The topological polar surface area (TPSA) is 118 Å². The molecule has 3 rings (SSSR count). The van der Waals surface area contributed by atoms with Crippen LogP contribution < -0.4 is 35.1 Å². The first-order chi connectivity index (χ1) is 36.3. The molecule has 6 nitrogen and oxygen atoms in total. The summed E-state index contributed by atoms with van der Waals surface area (Å²) in [7, 11) is -6.89. The first-order valence-electron chi connectivity index (χ1n) is 29.7. The monoisotopic (exact) mass is 1100 g/mol. The van der Waals surface area contributed by atoms with Gasteiger partial charge in [0, 0.05) is 11.4 Å².